The SMILES string of the molecule is CC(C)(C)OC(=O)N[C@@H](CCCCNC(=O)OCc1ccccc1)C(=O)OCc1ccccc1.N[C@@H](Cc1ccccc1)C(=O)O. The highest BCUT2D eigenvalue weighted by atomic mass is 16.6. The molecule has 0 heterocycles. The maximum Gasteiger partial charge on any atom is 0.408 e. The molecule has 0 aliphatic carbocycles. The smallest absolute Gasteiger partial charge is 0.408 e. The van der Waals surface area contributed by atoms with Gasteiger partial charge in [0.15, 0.2) is 0 Å². The lowest BCUT2D eigenvalue weighted by molar-refractivity contribution is -0.147. The molecular weight excluding hydrogens is 590 g/mol. The molecule has 3 rings (SSSR count). The van der Waals surface area contributed by atoms with E-state index < -0.39 is 41.8 Å². The summed E-state index contributed by atoms with van der Waals surface area (Å²) in [6, 6.07) is 26.4. The number of unbranched alkanes of at least 4 members (excludes halogenated alkanes) is 1. The molecule has 0 aromatic heterocycles. The van der Waals surface area contributed by atoms with Gasteiger partial charge in [0.2, 0.25) is 0 Å². The summed E-state index contributed by atoms with van der Waals surface area (Å²) in [5, 5.41) is 13.8. The second-order valence-electron chi connectivity index (χ2n) is 11.4. The van der Waals surface area contributed by atoms with Crippen molar-refractivity contribution >= 4 is 24.1 Å². The van der Waals surface area contributed by atoms with E-state index in [2.05, 4.69) is 10.6 Å². The fraction of sp³-hybridized carbons (Fsp3) is 0.371. The number of rotatable bonds is 14. The number of aliphatic carboxylic acids is 1. The number of benzene rings is 3. The maximum absolute atomic E-state index is 12.6. The lowest BCUT2D eigenvalue weighted by Gasteiger charge is -2.23. The summed E-state index contributed by atoms with van der Waals surface area (Å²) in [6.45, 7) is 5.93. The minimum Gasteiger partial charge on any atom is -0.480 e. The molecule has 248 valence electrons. The minimum atomic E-state index is -0.959. The van der Waals surface area contributed by atoms with Crippen molar-refractivity contribution in [3.63, 3.8) is 0 Å². The van der Waals surface area contributed by atoms with Crippen molar-refractivity contribution < 1.29 is 38.5 Å². The number of esters is 1. The summed E-state index contributed by atoms with van der Waals surface area (Å²) < 4.78 is 15.8. The van der Waals surface area contributed by atoms with E-state index in [9.17, 15) is 19.2 Å². The quantitative estimate of drug-likeness (QED) is 0.104. The molecule has 46 heavy (non-hydrogen) atoms. The van der Waals surface area contributed by atoms with E-state index in [1.54, 1.807) is 20.8 Å². The van der Waals surface area contributed by atoms with Crippen LogP contribution in [0.15, 0.2) is 91.0 Å². The molecule has 2 atom stereocenters. The molecule has 0 fully saturated rings. The Morgan fingerprint density at radius 3 is 1.74 bits per heavy atom. The molecule has 3 aromatic rings. The molecule has 0 bridgehead atoms. The van der Waals surface area contributed by atoms with Gasteiger partial charge in [-0.3, -0.25) is 4.79 Å². The lowest BCUT2D eigenvalue weighted by Crippen LogP contribution is -2.44. The van der Waals surface area contributed by atoms with E-state index in [0.717, 1.165) is 16.7 Å². The average Bonchev–Trinajstić information content (AvgIpc) is 3.02. The van der Waals surface area contributed by atoms with Crippen LogP contribution in [-0.2, 0) is 43.4 Å². The van der Waals surface area contributed by atoms with Crippen molar-refractivity contribution in [2.45, 2.75) is 77.4 Å². The van der Waals surface area contributed by atoms with Gasteiger partial charge in [-0.05, 0) is 63.1 Å². The van der Waals surface area contributed by atoms with Crippen LogP contribution >= 0.6 is 0 Å². The normalized spacial score (nSPS) is 11.9. The molecule has 0 spiro atoms. The van der Waals surface area contributed by atoms with Gasteiger partial charge in [-0.1, -0.05) is 91.0 Å². The van der Waals surface area contributed by atoms with Gasteiger partial charge in [0.25, 0.3) is 0 Å². The number of carboxylic acids is 1. The Morgan fingerprint density at radius 2 is 1.24 bits per heavy atom. The number of nitrogens with one attached hydrogen (secondary N) is 2. The molecule has 2 amide bonds. The molecule has 11 heteroatoms. The number of hydrogen-bond acceptors (Lipinski definition) is 8. The highest BCUT2D eigenvalue weighted by Crippen LogP contribution is 2.10. The molecule has 3 aromatic carbocycles. The molecule has 5 N–H and O–H groups in total. The Morgan fingerprint density at radius 1 is 0.739 bits per heavy atom. The number of amides is 2. The predicted molar refractivity (Wildman–Crippen MR) is 174 cm³/mol. The van der Waals surface area contributed by atoms with Crippen molar-refractivity contribution in [2.24, 2.45) is 5.73 Å². The van der Waals surface area contributed by atoms with Gasteiger partial charge in [-0.2, -0.15) is 0 Å². The Balaban J connectivity index is 0.000000512. The Kier molecular flexibility index (Phi) is 16.4. The van der Waals surface area contributed by atoms with Crippen LogP contribution in [0.3, 0.4) is 0 Å². The highest BCUT2D eigenvalue weighted by molar-refractivity contribution is 5.81. The van der Waals surface area contributed by atoms with Crippen molar-refractivity contribution in [3.05, 3.63) is 108 Å². The largest absolute Gasteiger partial charge is 0.480 e. The van der Waals surface area contributed by atoms with Gasteiger partial charge < -0.3 is 35.7 Å². The third-order valence-electron chi connectivity index (χ3n) is 6.22. The number of ether oxygens (including phenoxy) is 3. The van der Waals surface area contributed by atoms with Gasteiger partial charge in [-0.25, -0.2) is 14.4 Å². The van der Waals surface area contributed by atoms with Crippen LogP contribution < -0.4 is 16.4 Å². The van der Waals surface area contributed by atoms with Crippen LogP contribution in [0.4, 0.5) is 9.59 Å². The zero-order valence-corrected chi connectivity index (χ0v) is 26.6. The topological polar surface area (TPSA) is 166 Å². The van der Waals surface area contributed by atoms with Crippen LogP contribution in [0.25, 0.3) is 0 Å². The van der Waals surface area contributed by atoms with Crippen LogP contribution in [-0.4, -0.2) is 53.5 Å². The highest BCUT2D eigenvalue weighted by Gasteiger charge is 2.25. The van der Waals surface area contributed by atoms with Crippen molar-refractivity contribution in [1.29, 1.82) is 0 Å². The molecule has 0 aliphatic rings. The molecule has 0 aliphatic heterocycles. The van der Waals surface area contributed by atoms with E-state index in [1.807, 2.05) is 91.0 Å². The maximum atomic E-state index is 12.6. The molecule has 0 radical (unpaired) electrons. The van der Waals surface area contributed by atoms with E-state index in [0.29, 0.717) is 32.2 Å². The Labute approximate surface area is 270 Å². The second-order valence-corrected chi connectivity index (χ2v) is 11.4. The van der Waals surface area contributed by atoms with E-state index in [1.165, 1.54) is 0 Å². The van der Waals surface area contributed by atoms with E-state index in [-0.39, 0.29) is 13.2 Å². The molecular formula is C35H45N3O8. The second kappa shape index (κ2) is 20.2. The number of alkyl carbamates (subject to hydrolysis) is 2. The third kappa shape index (κ3) is 16.8. The molecule has 0 saturated heterocycles. The average molecular weight is 636 g/mol. The van der Waals surface area contributed by atoms with E-state index in [4.69, 9.17) is 25.1 Å². The first-order chi connectivity index (χ1) is 21.9. The molecule has 0 saturated carbocycles. The summed E-state index contributed by atoms with van der Waals surface area (Å²) in [5.74, 6) is -1.50. The van der Waals surface area contributed by atoms with Crippen molar-refractivity contribution in [3.8, 4) is 0 Å². The number of nitrogens with two attached hydrogens (primary N) is 1. The summed E-state index contributed by atoms with van der Waals surface area (Å²) in [6.07, 6.45) is 0.703. The van der Waals surface area contributed by atoms with Gasteiger partial charge in [-0.15, -0.1) is 0 Å². The van der Waals surface area contributed by atoms with Gasteiger partial charge >= 0.3 is 24.1 Å². The zero-order chi connectivity index (χ0) is 33.8. The molecule has 11 nitrogen and oxygen atoms in total. The fourth-order valence-corrected chi connectivity index (χ4v) is 3.92. The van der Waals surface area contributed by atoms with Crippen LogP contribution in [0, 0.1) is 0 Å². The number of carbonyl (C=O) groups excluding carboxylic acids is 3. The van der Waals surface area contributed by atoms with Crippen LogP contribution in [0.5, 0.6) is 0 Å². The first-order valence-electron chi connectivity index (χ1n) is 15.1. The van der Waals surface area contributed by atoms with Crippen molar-refractivity contribution in [1.82, 2.24) is 10.6 Å². The zero-order valence-electron chi connectivity index (χ0n) is 26.6. The van der Waals surface area contributed by atoms with Crippen LogP contribution in [0.1, 0.15) is 56.7 Å². The fourth-order valence-electron chi connectivity index (χ4n) is 3.92. The van der Waals surface area contributed by atoms with Crippen molar-refractivity contribution in [2.75, 3.05) is 6.54 Å². The summed E-state index contributed by atoms with van der Waals surface area (Å²) >= 11 is 0. The lowest BCUT2D eigenvalue weighted by atomic mass is 10.1. The monoisotopic (exact) mass is 635 g/mol. The first-order valence-corrected chi connectivity index (χ1v) is 15.1. The summed E-state index contributed by atoms with van der Waals surface area (Å²) in [5.41, 5.74) is 7.37. The number of hydrogen-bond donors (Lipinski definition) is 4. The number of carbonyl (C=O) groups is 4. The van der Waals surface area contributed by atoms with Gasteiger partial charge in [0.05, 0.1) is 0 Å². The predicted octanol–water partition coefficient (Wildman–Crippen LogP) is 5.36. The van der Waals surface area contributed by atoms with Gasteiger partial charge in [0, 0.05) is 6.54 Å². The van der Waals surface area contributed by atoms with E-state index >= 15 is 0 Å². The minimum absolute atomic E-state index is 0.112. The first kappa shape index (κ1) is 37.3. The Hall–Kier alpha value is -4.90. The van der Waals surface area contributed by atoms with Gasteiger partial charge in [0.1, 0.15) is 30.9 Å². The van der Waals surface area contributed by atoms with Crippen LogP contribution in [0.2, 0.25) is 0 Å². The third-order valence-corrected chi connectivity index (χ3v) is 6.22. The molecule has 0 unspecified atom stereocenters. The standard InChI is InChI=1S/C26H34N2O6.C9H11NO2/c1-26(2,3)34-25(31)28-22(23(29)32-18-20-12-6-4-7-13-20)16-10-11-17-27-24(30)33-19-21-14-8-5-9-15-21;10-8(9(11)12)6-7-4-2-1-3-5-7/h4-9,12-15,22H,10-11,16-19H2,1-3H3,(H,27,30)(H,28,31);1-5,8H,6,10H2,(H,11,12)/t22-;8-/m00/s1. The number of carboxylic acid groups (broad SMARTS) is 1. The summed E-state index contributed by atoms with van der Waals surface area (Å²) in [4.78, 5) is 47.0. The Bertz CT molecular complexity index is 1330. The summed E-state index contributed by atoms with van der Waals surface area (Å²) in [7, 11) is 0.